The van der Waals surface area contributed by atoms with Gasteiger partial charge in [0.1, 0.15) is 10.4 Å². The minimum Gasteiger partial charge on any atom is -0.506 e. The van der Waals surface area contributed by atoms with Crippen LogP contribution < -0.4 is 5.32 Å². The average molecular weight is 362 g/mol. The van der Waals surface area contributed by atoms with E-state index in [1.165, 1.54) is 12.4 Å². The summed E-state index contributed by atoms with van der Waals surface area (Å²) < 4.78 is 37.9. The van der Waals surface area contributed by atoms with Gasteiger partial charge >= 0.3 is 6.18 Å². The third kappa shape index (κ3) is 3.48. The van der Waals surface area contributed by atoms with Crippen LogP contribution in [0.3, 0.4) is 0 Å². The van der Waals surface area contributed by atoms with E-state index >= 15 is 0 Å². The second-order valence-electron chi connectivity index (χ2n) is 3.88. The highest BCUT2D eigenvalue weighted by Crippen LogP contribution is 2.34. The largest absolute Gasteiger partial charge is 0.506 e. The van der Waals surface area contributed by atoms with E-state index in [0.717, 1.165) is 6.07 Å². The second-order valence-corrected chi connectivity index (χ2v) is 4.63. The maximum absolute atomic E-state index is 12.6. The SMILES string of the molecule is O=C(Nc1cc(C(F)(F)F)ccc1O)c1nccnc1Br. The minimum absolute atomic E-state index is 0.116. The van der Waals surface area contributed by atoms with Crippen molar-refractivity contribution in [2.24, 2.45) is 0 Å². The number of phenols is 1. The van der Waals surface area contributed by atoms with Gasteiger partial charge in [-0.15, -0.1) is 0 Å². The number of alkyl halides is 3. The van der Waals surface area contributed by atoms with Crippen molar-refractivity contribution in [1.29, 1.82) is 0 Å². The first-order chi connectivity index (χ1) is 9.79. The number of nitrogens with one attached hydrogen (secondary N) is 1. The number of aromatic hydroxyl groups is 1. The highest BCUT2D eigenvalue weighted by atomic mass is 79.9. The van der Waals surface area contributed by atoms with E-state index in [1.54, 1.807) is 0 Å². The van der Waals surface area contributed by atoms with Gasteiger partial charge in [-0.1, -0.05) is 0 Å². The molecule has 1 amide bonds. The van der Waals surface area contributed by atoms with E-state index in [0.29, 0.717) is 12.1 Å². The lowest BCUT2D eigenvalue weighted by molar-refractivity contribution is -0.137. The van der Waals surface area contributed by atoms with Crippen molar-refractivity contribution in [2.45, 2.75) is 6.18 Å². The molecule has 1 aromatic heterocycles. The first-order valence-corrected chi connectivity index (χ1v) is 6.26. The van der Waals surface area contributed by atoms with E-state index in [9.17, 15) is 23.1 Å². The first-order valence-electron chi connectivity index (χ1n) is 5.47. The number of rotatable bonds is 2. The van der Waals surface area contributed by atoms with E-state index in [4.69, 9.17) is 0 Å². The monoisotopic (exact) mass is 361 g/mol. The molecule has 0 spiro atoms. The Bertz CT molecular complexity index is 692. The molecule has 0 saturated carbocycles. The fraction of sp³-hybridized carbons (Fsp3) is 0.0833. The first kappa shape index (κ1) is 15.2. The Morgan fingerprint density at radius 2 is 1.90 bits per heavy atom. The lowest BCUT2D eigenvalue weighted by Gasteiger charge is -2.11. The maximum atomic E-state index is 12.6. The molecule has 2 aromatic rings. The molecule has 0 radical (unpaired) electrons. The van der Waals surface area contributed by atoms with Gasteiger partial charge in [-0.3, -0.25) is 4.79 Å². The highest BCUT2D eigenvalue weighted by Gasteiger charge is 2.31. The topological polar surface area (TPSA) is 75.1 Å². The smallest absolute Gasteiger partial charge is 0.416 e. The molecule has 5 nitrogen and oxygen atoms in total. The van der Waals surface area contributed by atoms with Crippen LogP contribution in [0, 0.1) is 0 Å². The summed E-state index contributed by atoms with van der Waals surface area (Å²) in [6.07, 6.45) is -1.99. The van der Waals surface area contributed by atoms with Crippen molar-refractivity contribution in [2.75, 3.05) is 5.32 Å². The molecule has 1 aromatic carbocycles. The molecule has 2 N–H and O–H groups in total. The zero-order chi connectivity index (χ0) is 15.6. The Labute approximate surface area is 125 Å². The number of phenolic OH excluding ortho intramolecular Hbond substituents is 1. The van der Waals surface area contributed by atoms with Crippen LogP contribution in [0.25, 0.3) is 0 Å². The van der Waals surface area contributed by atoms with Gasteiger partial charge < -0.3 is 10.4 Å². The Morgan fingerprint density at radius 1 is 1.24 bits per heavy atom. The van der Waals surface area contributed by atoms with Crippen LogP contribution in [-0.2, 0) is 6.18 Å². The predicted octanol–water partition coefficient (Wildman–Crippen LogP) is 3.22. The zero-order valence-corrected chi connectivity index (χ0v) is 11.7. The summed E-state index contributed by atoms with van der Waals surface area (Å²) >= 11 is 3.00. The van der Waals surface area contributed by atoms with Gasteiger partial charge in [-0.2, -0.15) is 13.2 Å². The van der Waals surface area contributed by atoms with Crippen molar-refractivity contribution in [3.63, 3.8) is 0 Å². The number of carbonyl (C=O) groups is 1. The van der Waals surface area contributed by atoms with Crippen LogP contribution in [-0.4, -0.2) is 21.0 Å². The molecule has 0 unspecified atom stereocenters. The summed E-state index contributed by atoms with van der Waals surface area (Å²) in [4.78, 5) is 19.4. The highest BCUT2D eigenvalue weighted by molar-refractivity contribution is 9.10. The van der Waals surface area contributed by atoms with Crippen molar-refractivity contribution >= 4 is 27.5 Å². The van der Waals surface area contributed by atoms with Crippen LogP contribution in [0.1, 0.15) is 16.1 Å². The maximum Gasteiger partial charge on any atom is 0.416 e. The van der Waals surface area contributed by atoms with Gasteiger partial charge in [0.25, 0.3) is 5.91 Å². The van der Waals surface area contributed by atoms with E-state index in [-0.39, 0.29) is 16.0 Å². The van der Waals surface area contributed by atoms with E-state index in [2.05, 4.69) is 31.2 Å². The Kier molecular flexibility index (Phi) is 4.12. The van der Waals surface area contributed by atoms with Gasteiger partial charge in [-0.25, -0.2) is 9.97 Å². The second kappa shape index (κ2) is 5.68. The minimum atomic E-state index is -4.58. The fourth-order valence-corrected chi connectivity index (χ4v) is 1.87. The molecule has 0 aliphatic carbocycles. The predicted molar refractivity (Wildman–Crippen MR) is 70.8 cm³/mol. The molecule has 21 heavy (non-hydrogen) atoms. The van der Waals surface area contributed by atoms with Gasteiger partial charge in [0.05, 0.1) is 11.3 Å². The van der Waals surface area contributed by atoms with Crippen LogP contribution in [0.15, 0.2) is 35.2 Å². The zero-order valence-electron chi connectivity index (χ0n) is 10.1. The van der Waals surface area contributed by atoms with Crippen molar-refractivity contribution < 1.29 is 23.1 Å². The third-order valence-electron chi connectivity index (χ3n) is 2.44. The summed E-state index contributed by atoms with van der Waals surface area (Å²) in [6, 6.07) is 2.20. The van der Waals surface area contributed by atoms with Gasteiger partial charge in [-0.05, 0) is 34.1 Å². The van der Waals surface area contributed by atoms with Crippen LogP contribution in [0.2, 0.25) is 0 Å². The molecular weight excluding hydrogens is 355 g/mol. The fourth-order valence-electron chi connectivity index (χ4n) is 1.47. The molecule has 9 heteroatoms. The Hall–Kier alpha value is -2.16. The average Bonchev–Trinajstić information content (AvgIpc) is 2.40. The standard InChI is InChI=1S/C12H7BrF3N3O2/c13-10-9(17-3-4-18-10)11(21)19-7-5-6(12(14,15)16)1-2-8(7)20/h1-5,20H,(H,19,21). The molecule has 0 aliphatic rings. The number of anilines is 1. The molecule has 0 aliphatic heterocycles. The Morgan fingerprint density at radius 3 is 2.52 bits per heavy atom. The normalized spacial score (nSPS) is 11.2. The van der Waals surface area contributed by atoms with Crippen molar-refractivity contribution in [3.8, 4) is 5.75 Å². The summed E-state index contributed by atoms with van der Waals surface area (Å²) in [6.45, 7) is 0. The van der Waals surface area contributed by atoms with Crippen molar-refractivity contribution in [3.05, 3.63) is 46.5 Å². The summed E-state index contributed by atoms with van der Waals surface area (Å²) in [5, 5.41) is 11.7. The molecule has 0 atom stereocenters. The number of benzene rings is 1. The van der Waals surface area contributed by atoms with E-state index < -0.39 is 23.4 Å². The van der Waals surface area contributed by atoms with Crippen LogP contribution >= 0.6 is 15.9 Å². The number of hydrogen-bond acceptors (Lipinski definition) is 4. The number of aromatic nitrogens is 2. The number of amides is 1. The molecule has 0 fully saturated rings. The Balaban J connectivity index is 2.31. The number of carbonyl (C=O) groups excluding carboxylic acids is 1. The molecule has 110 valence electrons. The van der Waals surface area contributed by atoms with Crippen LogP contribution in [0.4, 0.5) is 18.9 Å². The lowest BCUT2D eigenvalue weighted by Crippen LogP contribution is -2.15. The number of hydrogen-bond donors (Lipinski definition) is 2. The quantitative estimate of drug-likeness (QED) is 0.805. The van der Waals surface area contributed by atoms with Gasteiger partial charge in [0.2, 0.25) is 0 Å². The summed E-state index contributed by atoms with van der Waals surface area (Å²) in [5.41, 5.74) is -1.48. The molecule has 2 rings (SSSR count). The third-order valence-corrected chi connectivity index (χ3v) is 3.02. The summed E-state index contributed by atoms with van der Waals surface area (Å²) in [5.74, 6) is -1.29. The molecule has 1 heterocycles. The lowest BCUT2D eigenvalue weighted by atomic mass is 10.1. The van der Waals surface area contributed by atoms with E-state index in [1.807, 2.05) is 0 Å². The number of halogens is 4. The number of nitrogens with zero attached hydrogens (tertiary/aromatic N) is 2. The molecular formula is C12H7BrF3N3O2. The van der Waals surface area contributed by atoms with Gasteiger partial charge in [0.15, 0.2) is 5.69 Å². The van der Waals surface area contributed by atoms with Crippen molar-refractivity contribution in [1.82, 2.24) is 9.97 Å². The van der Waals surface area contributed by atoms with Crippen LogP contribution in [0.5, 0.6) is 5.75 Å². The summed E-state index contributed by atoms with van der Waals surface area (Å²) in [7, 11) is 0. The molecule has 0 saturated heterocycles. The molecule has 0 bridgehead atoms. The van der Waals surface area contributed by atoms with Gasteiger partial charge in [0, 0.05) is 12.4 Å².